The van der Waals surface area contributed by atoms with Gasteiger partial charge in [-0.25, -0.2) is 4.79 Å². The summed E-state index contributed by atoms with van der Waals surface area (Å²) in [4.78, 5) is 14.0. The van der Waals surface area contributed by atoms with Crippen LogP contribution in [0.2, 0.25) is 5.02 Å². The van der Waals surface area contributed by atoms with Gasteiger partial charge in [0.2, 0.25) is 0 Å². The van der Waals surface area contributed by atoms with Crippen molar-refractivity contribution in [2.75, 3.05) is 25.5 Å². The Labute approximate surface area is 123 Å². The molecule has 1 heterocycles. The third-order valence-electron chi connectivity index (χ3n) is 3.12. The second kappa shape index (κ2) is 6.33. The molecule has 110 valence electrons. The average molecular weight is 299 g/mol. The molecule has 2 rings (SSSR count). The first-order valence-electron chi connectivity index (χ1n) is 6.54. The molecular formula is C14H19ClN2O3. The SMILES string of the molecule is COc1ccc(NC(=O)N2CC(C)OC(C)C2)c(Cl)c1. The van der Waals surface area contributed by atoms with Crippen LogP contribution in [0.5, 0.6) is 5.75 Å². The van der Waals surface area contributed by atoms with Gasteiger partial charge in [0.15, 0.2) is 0 Å². The van der Waals surface area contributed by atoms with Crippen LogP contribution in [0.15, 0.2) is 18.2 Å². The minimum absolute atomic E-state index is 0.0378. The summed E-state index contributed by atoms with van der Waals surface area (Å²) < 4.78 is 10.7. The number of nitrogens with zero attached hydrogens (tertiary/aromatic N) is 1. The minimum Gasteiger partial charge on any atom is -0.497 e. The molecule has 1 saturated heterocycles. The topological polar surface area (TPSA) is 50.8 Å². The van der Waals surface area contributed by atoms with Crippen molar-refractivity contribution < 1.29 is 14.3 Å². The minimum atomic E-state index is -0.168. The van der Waals surface area contributed by atoms with Crippen LogP contribution < -0.4 is 10.1 Å². The number of hydrogen-bond acceptors (Lipinski definition) is 3. The molecule has 1 aliphatic rings. The quantitative estimate of drug-likeness (QED) is 0.913. The highest BCUT2D eigenvalue weighted by atomic mass is 35.5. The Kier molecular flexibility index (Phi) is 4.73. The number of urea groups is 1. The van der Waals surface area contributed by atoms with Crippen molar-refractivity contribution in [1.29, 1.82) is 0 Å². The van der Waals surface area contributed by atoms with E-state index in [1.807, 2.05) is 13.8 Å². The van der Waals surface area contributed by atoms with Crippen molar-refractivity contribution in [2.45, 2.75) is 26.1 Å². The molecule has 20 heavy (non-hydrogen) atoms. The number of halogens is 1. The molecule has 2 atom stereocenters. The van der Waals surface area contributed by atoms with E-state index in [2.05, 4.69) is 5.32 Å². The van der Waals surface area contributed by atoms with Gasteiger partial charge >= 0.3 is 6.03 Å². The van der Waals surface area contributed by atoms with Crippen LogP contribution in [0, 0.1) is 0 Å². The zero-order chi connectivity index (χ0) is 14.7. The van der Waals surface area contributed by atoms with E-state index in [-0.39, 0.29) is 18.2 Å². The fourth-order valence-corrected chi connectivity index (χ4v) is 2.48. The van der Waals surface area contributed by atoms with E-state index in [1.54, 1.807) is 30.2 Å². The zero-order valence-electron chi connectivity index (χ0n) is 11.9. The van der Waals surface area contributed by atoms with Crippen LogP contribution in [0.1, 0.15) is 13.8 Å². The first kappa shape index (κ1) is 14.9. The van der Waals surface area contributed by atoms with Gasteiger partial charge in [0, 0.05) is 19.2 Å². The van der Waals surface area contributed by atoms with E-state index in [0.29, 0.717) is 29.5 Å². The number of rotatable bonds is 2. The van der Waals surface area contributed by atoms with E-state index in [9.17, 15) is 4.79 Å². The highest BCUT2D eigenvalue weighted by Crippen LogP contribution is 2.27. The molecule has 1 fully saturated rings. The molecule has 0 aromatic heterocycles. The number of carbonyl (C=O) groups is 1. The molecule has 1 N–H and O–H groups in total. The molecule has 1 aromatic carbocycles. The number of methoxy groups -OCH3 is 1. The third kappa shape index (κ3) is 3.55. The van der Waals surface area contributed by atoms with Crippen LogP contribution in [-0.4, -0.2) is 43.3 Å². The van der Waals surface area contributed by atoms with Crippen molar-refractivity contribution in [3.63, 3.8) is 0 Å². The van der Waals surface area contributed by atoms with Crippen molar-refractivity contribution in [2.24, 2.45) is 0 Å². The highest BCUT2D eigenvalue weighted by molar-refractivity contribution is 6.33. The zero-order valence-corrected chi connectivity index (χ0v) is 12.6. The summed E-state index contributed by atoms with van der Waals surface area (Å²) in [5.41, 5.74) is 0.573. The Balaban J connectivity index is 2.04. The number of hydrogen-bond donors (Lipinski definition) is 1. The molecule has 0 saturated carbocycles. The maximum absolute atomic E-state index is 12.2. The third-order valence-corrected chi connectivity index (χ3v) is 3.44. The van der Waals surface area contributed by atoms with Gasteiger partial charge in [0.25, 0.3) is 0 Å². The largest absolute Gasteiger partial charge is 0.497 e. The Hall–Kier alpha value is -1.46. The standard InChI is InChI=1S/C14H19ClN2O3/c1-9-7-17(8-10(2)20-9)14(18)16-13-5-4-11(19-3)6-12(13)15/h4-6,9-10H,7-8H2,1-3H3,(H,16,18). The van der Waals surface area contributed by atoms with Gasteiger partial charge in [-0.15, -0.1) is 0 Å². The van der Waals surface area contributed by atoms with Crippen LogP contribution >= 0.6 is 11.6 Å². The summed E-state index contributed by atoms with van der Waals surface area (Å²) in [5.74, 6) is 0.654. The second-order valence-corrected chi connectivity index (χ2v) is 5.35. The molecule has 0 radical (unpaired) electrons. The number of benzene rings is 1. The Bertz CT molecular complexity index is 485. The van der Waals surface area contributed by atoms with Crippen molar-refractivity contribution in [3.8, 4) is 5.75 Å². The maximum Gasteiger partial charge on any atom is 0.322 e. The van der Waals surface area contributed by atoms with Crippen LogP contribution in [0.25, 0.3) is 0 Å². The number of amides is 2. The first-order valence-corrected chi connectivity index (χ1v) is 6.92. The number of morpholine rings is 1. The Morgan fingerprint density at radius 2 is 2.05 bits per heavy atom. The smallest absolute Gasteiger partial charge is 0.322 e. The molecule has 2 amide bonds. The van der Waals surface area contributed by atoms with Gasteiger partial charge in [0.05, 0.1) is 30.0 Å². The number of anilines is 1. The van der Waals surface area contributed by atoms with Crippen molar-refractivity contribution >= 4 is 23.3 Å². The molecule has 0 aliphatic carbocycles. The van der Waals surface area contributed by atoms with Crippen molar-refractivity contribution in [3.05, 3.63) is 23.2 Å². The van der Waals surface area contributed by atoms with Gasteiger partial charge in [-0.2, -0.15) is 0 Å². The van der Waals surface area contributed by atoms with Crippen LogP contribution in [0.3, 0.4) is 0 Å². The normalized spacial score (nSPS) is 22.5. The number of nitrogens with one attached hydrogen (secondary N) is 1. The van der Waals surface area contributed by atoms with Gasteiger partial charge in [-0.05, 0) is 26.0 Å². The summed E-state index contributed by atoms with van der Waals surface area (Å²) in [5, 5.41) is 3.27. The number of carbonyl (C=O) groups excluding carboxylic acids is 1. The second-order valence-electron chi connectivity index (χ2n) is 4.94. The molecule has 5 nitrogen and oxygen atoms in total. The van der Waals surface area contributed by atoms with E-state index < -0.39 is 0 Å². The maximum atomic E-state index is 12.2. The fraction of sp³-hybridized carbons (Fsp3) is 0.500. The summed E-state index contributed by atoms with van der Waals surface area (Å²) in [6.07, 6.45) is 0.0756. The summed E-state index contributed by atoms with van der Waals surface area (Å²) in [7, 11) is 1.57. The van der Waals surface area contributed by atoms with Gasteiger partial charge in [-0.3, -0.25) is 0 Å². The Morgan fingerprint density at radius 1 is 1.40 bits per heavy atom. The van der Waals surface area contributed by atoms with E-state index in [1.165, 1.54) is 0 Å². The average Bonchev–Trinajstić information content (AvgIpc) is 2.39. The lowest BCUT2D eigenvalue weighted by Gasteiger charge is -2.35. The predicted octanol–water partition coefficient (Wildman–Crippen LogP) is 2.99. The molecule has 0 spiro atoms. The highest BCUT2D eigenvalue weighted by Gasteiger charge is 2.26. The first-order chi connectivity index (χ1) is 9.49. The molecular weight excluding hydrogens is 280 g/mol. The van der Waals surface area contributed by atoms with E-state index in [0.717, 1.165) is 0 Å². The lowest BCUT2D eigenvalue weighted by Crippen LogP contribution is -2.49. The van der Waals surface area contributed by atoms with Gasteiger partial charge < -0.3 is 19.7 Å². The Morgan fingerprint density at radius 3 is 2.60 bits per heavy atom. The van der Waals surface area contributed by atoms with Gasteiger partial charge in [0.1, 0.15) is 5.75 Å². The molecule has 2 unspecified atom stereocenters. The molecule has 6 heteroatoms. The summed E-state index contributed by atoms with van der Waals surface area (Å²) >= 11 is 6.11. The fourth-order valence-electron chi connectivity index (χ4n) is 2.26. The molecule has 1 aliphatic heterocycles. The van der Waals surface area contributed by atoms with Crippen LogP contribution in [-0.2, 0) is 4.74 Å². The van der Waals surface area contributed by atoms with Gasteiger partial charge in [-0.1, -0.05) is 11.6 Å². The van der Waals surface area contributed by atoms with E-state index >= 15 is 0 Å². The number of ether oxygens (including phenoxy) is 2. The predicted molar refractivity (Wildman–Crippen MR) is 78.6 cm³/mol. The van der Waals surface area contributed by atoms with Crippen LogP contribution in [0.4, 0.5) is 10.5 Å². The van der Waals surface area contributed by atoms with Crippen molar-refractivity contribution in [1.82, 2.24) is 4.90 Å². The monoisotopic (exact) mass is 298 g/mol. The summed E-state index contributed by atoms with van der Waals surface area (Å²) in [6, 6.07) is 4.99. The lowest BCUT2D eigenvalue weighted by molar-refractivity contribution is -0.0530. The lowest BCUT2D eigenvalue weighted by atomic mass is 10.2. The van der Waals surface area contributed by atoms with E-state index in [4.69, 9.17) is 21.1 Å². The summed E-state index contributed by atoms with van der Waals surface area (Å²) in [6.45, 7) is 5.06. The molecule has 1 aromatic rings. The molecule has 0 bridgehead atoms.